The normalized spacial score (nSPS) is 11.1. The predicted octanol–water partition coefficient (Wildman–Crippen LogP) is 2.10. The molecule has 2 heterocycles. The van der Waals surface area contributed by atoms with Crippen molar-refractivity contribution >= 4 is 17.0 Å². The van der Waals surface area contributed by atoms with E-state index in [2.05, 4.69) is 23.8 Å². The summed E-state index contributed by atoms with van der Waals surface area (Å²) < 4.78 is 6.47. The predicted molar refractivity (Wildman–Crippen MR) is 97.3 cm³/mol. The van der Waals surface area contributed by atoms with E-state index < -0.39 is 17.2 Å². The number of fused-ring (bicyclic) bond motifs is 1. The zero-order valence-corrected chi connectivity index (χ0v) is 14.8. The van der Waals surface area contributed by atoms with Crippen LogP contribution in [0.3, 0.4) is 0 Å². The second kappa shape index (κ2) is 6.95. The topological polar surface area (TPSA) is 94.0 Å². The fraction of sp³-hybridized carbons (Fsp3) is 0.263. The molecule has 2 aromatic heterocycles. The minimum Gasteiger partial charge on any atom is -0.456 e. The van der Waals surface area contributed by atoms with Gasteiger partial charge in [-0.1, -0.05) is 38.1 Å². The Labute approximate surface area is 149 Å². The van der Waals surface area contributed by atoms with E-state index in [0.29, 0.717) is 5.92 Å². The number of carbonyl (C=O) groups is 1. The molecule has 0 atom stereocenters. The maximum Gasteiger partial charge on any atom is 0.357 e. The lowest BCUT2D eigenvalue weighted by Crippen LogP contribution is -2.29. The van der Waals surface area contributed by atoms with Gasteiger partial charge in [0.15, 0.2) is 5.69 Å². The van der Waals surface area contributed by atoms with Crippen molar-refractivity contribution in [2.75, 3.05) is 0 Å². The number of hydrogen-bond donors (Lipinski definition) is 1. The lowest BCUT2D eigenvalue weighted by Gasteiger charge is -2.08. The summed E-state index contributed by atoms with van der Waals surface area (Å²) in [5, 5.41) is 0.230. The van der Waals surface area contributed by atoms with Crippen molar-refractivity contribution in [2.24, 2.45) is 7.05 Å². The first-order valence-electron chi connectivity index (χ1n) is 8.23. The number of aromatic amines is 1. The molecule has 7 heteroatoms. The number of H-pyrrole nitrogens is 1. The molecule has 1 aromatic carbocycles. The number of nitrogens with one attached hydrogen (secondary N) is 1. The molecule has 0 unspecified atom stereocenters. The van der Waals surface area contributed by atoms with Crippen LogP contribution in [0.1, 0.15) is 41.4 Å². The number of carbonyl (C=O) groups excluding carboxylic acids is 1. The Morgan fingerprint density at radius 2 is 1.85 bits per heavy atom. The van der Waals surface area contributed by atoms with Crippen LogP contribution in [0.15, 0.2) is 46.0 Å². The molecule has 0 amide bonds. The largest absolute Gasteiger partial charge is 0.456 e. The molecule has 0 radical (unpaired) electrons. The monoisotopic (exact) mass is 353 g/mol. The van der Waals surface area contributed by atoms with Gasteiger partial charge in [-0.05, 0) is 29.2 Å². The summed E-state index contributed by atoms with van der Waals surface area (Å²) in [6.45, 7) is 4.34. The zero-order valence-electron chi connectivity index (χ0n) is 14.8. The standard InChI is InChI=1S/C19H19N3O4/c1-11(2)13-6-4-12(5-7-13)10-26-18(24)15-9-8-14-16(20-15)22(3)19(25)21-17(14)23/h4-9,11H,10H2,1-3H3,(H,21,23,25). The molecule has 1 N–H and O–H groups in total. The fourth-order valence-corrected chi connectivity index (χ4v) is 2.56. The van der Waals surface area contributed by atoms with Gasteiger partial charge in [-0.2, -0.15) is 0 Å². The second-order valence-corrected chi connectivity index (χ2v) is 6.36. The molecule has 0 spiro atoms. The van der Waals surface area contributed by atoms with Gasteiger partial charge in [0.2, 0.25) is 0 Å². The van der Waals surface area contributed by atoms with E-state index in [1.807, 2.05) is 24.3 Å². The number of aryl methyl sites for hydroxylation is 1. The van der Waals surface area contributed by atoms with Crippen LogP contribution < -0.4 is 11.2 Å². The van der Waals surface area contributed by atoms with E-state index in [-0.39, 0.29) is 23.3 Å². The van der Waals surface area contributed by atoms with Gasteiger partial charge in [-0.15, -0.1) is 0 Å². The summed E-state index contributed by atoms with van der Waals surface area (Å²) in [6, 6.07) is 10.7. The third-order valence-corrected chi connectivity index (χ3v) is 4.19. The van der Waals surface area contributed by atoms with Gasteiger partial charge in [0.05, 0.1) is 5.39 Å². The van der Waals surface area contributed by atoms with Crippen LogP contribution in [0.2, 0.25) is 0 Å². The van der Waals surface area contributed by atoms with Gasteiger partial charge in [-0.3, -0.25) is 14.3 Å². The van der Waals surface area contributed by atoms with E-state index in [0.717, 1.165) is 5.56 Å². The summed E-state index contributed by atoms with van der Waals surface area (Å²) in [6.07, 6.45) is 0. The Balaban J connectivity index is 1.80. The number of aromatic nitrogens is 3. The van der Waals surface area contributed by atoms with E-state index in [9.17, 15) is 14.4 Å². The van der Waals surface area contributed by atoms with Crippen molar-refractivity contribution in [3.63, 3.8) is 0 Å². The quantitative estimate of drug-likeness (QED) is 0.725. The highest BCUT2D eigenvalue weighted by atomic mass is 16.5. The van der Waals surface area contributed by atoms with E-state index in [1.165, 1.54) is 29.3 Å². The second-order valence-electron chi connectivity index (χ2n) is 6.36. The molecule has 0 aliphatic rings. The molecule has 134 valence electrons. The lowest BCUT2D eigenvalue weighted by molar-refractivity contribution is 0.0466. The van der Waals surface area contributed by atoms with Crippen LogP contribution >= 0.6 is 0 Å². The highest BCUT2D eigenvalue weighted by Crippen LogP contribution is 2.15. The third-order valence-electron chi connectivity index (χ3n) is 4.19. The zero-order chi connectivity index (χ0) is 18.8. The number of ether oxygens (including phenoxy) is 1. The summed E-state index contributed by atoms with van der Waals surface area (Å²) in [4.78, 5) is 42.0. The Morgan fingerprint density at radius 1 is 1.15 bits per heavy atom. The van der Waals surface area contributed by atoms with Crippen molar-refractivity contribution < 1.29 is 9.53 Å². The molecule has 0 fully saturated rings. The maximum atomic E-state index is 12.3. The Hall–Kier alpha value is -3.22. The Kier molecular flexibility index (Phi) is 4.71. The van der Waals surface area contributed by atoms with Crippen molar-refractivity contribution in [3.05, 3.63) is 74.1 Å². The molecular formula is C19H19N3O4. The molecule has 0 bridgehead atoms. The van der Waals surface area contributed by atoms with Crippen LogP contribution in [0.5, 0.6) is 0 Å². The molecule has 0 aliphatic carbocycles. The van der Waals surface area contributed by atoms with Crippen molar-refractivity contribution in [1.82, 2.24) is 14.5 Å². The minimum absolute atomic E-state index is 0.0388. The van der Waals surface area contributed by atoms with Gasteiger partial charge in [-0.25, -0.2) is 14.6 Å². The molecule has 3 aromatic rings. The molecule has 0 saturated heterocycles. The number of esters is 1. The molecule has 0 saturated carbocycles. The number of pyridine rings is 1. The summed E-state index contributed by atoms with van der Waals surface area (Å²) in [5.74, 6) is -0.184. The highest BCUT2D eigenvalue weighted by Gasteiger charge is 2.13. The van der Waals surface area contributed by atoms with Crippen molar-refractivity contribution in [1.29, 1.82) is 0 Å². The van der Waals surface area contributed by atoms with Crippen molar-refractivity contribution in [2.45, 2.75) is 26.4 Å². The smallest absolute Gasteiger partial charge is 0.357 e. The molecule has 26 heavy (non-hydrogen) atoms. The number of benzene rings is 1. The van der Waals surface area contributed by atoms with Gasteiger partial charge < -0.3 is 4.74 Å². The summed E-state index contributed by atoms with van der Waals surface area (Å²) >= 11 is 0. The molecule has 3 rings (SSSR count). The maximum absolute atomic E-state index is 12.3. The molecule has 0 aliphatic heterocycles. The van der Waals surface area contributed by atoms with Gasteiger partial charge in [0.1, 0.15) is 12.3 Å². The first kappa shape index (κ1) is 17.6. The van der Waals surface area contributed by atoms with Crippen molar-refractivity contribution in [3.8, 4) is 0 Å². The summed E-state index contributed by atoms with van der Waals surface area (Å²) in [7, 11) is 1.47. The number of nitrogens with zero attached hydrogens (tertiary/aromatic N) is 2. The summed E-state index contributed by atoms with van der Waals surface area (Å²) in [5.41, 5.74) is 1.12. The van der Waals surface area contributed by atoms with Gasteiger partial charge >= 0.3 is 11.7 Å². The van der Waals surface area contributed by atoms with Crippen LogP contribution in [-0.4, -0.2) is 20.5 Å². The SMILES string of the molecule is CC(C)c1ccc(COC(=O)c2ccc3c(=O)[nH]c(=O)n(C)c3n2)cc1. The van der Waals surface area contributed by atoms with Crippen LogP contribution in [-0.2, 0) is 18.4 Å². The Bertz CT molecular complexity index is 1080. The van der Waals surface area contributed by atoms with Gasteiger partial charge in [0, 0.05) is 7.05 Å². The van der Waals surface area contributed by atoms with Crippen LogP contribution in [0.25, 0.3) is 11.0 Å². The molecule has 7 nitrogen and oxygen atoms in total. The van der Waals surface area contributed by atoms with E-state index in [4.69, 9.17) is 4.74 Å². The average molecular weight is 353 g/mol. The first-order chi connectivity index (χ1) is 12.4. The van der Waals surface area contributed by atoms with Crippen LogP contribution in [0.4, 0.5) is 0 Å². The van der Waals surface area contributed by atoms with E-state index >= 15 is 0 Å². The van der Waals surface area contributed by atoms with Crippen LogP contribution in [0, 0.1) is 0 Å². The highest BCUT2D eigenvalue weighted by molar-refractivity contribution is 5.90. The number of rotatable bonds is 4. The Morgan fingerprint density at radius 3 is 2.50 bits per heavy atom. The molecular weight excluding hydrogens is 334 g/mol. The number of hydrogen-bond acceptors (Lipinski definition) is 5. The third kappa shape index (κ3) is 3.42. The fourth-order valence-electron chi connectivity index (χ4n) is 2.56. The van der Waals surface area contributed by atoms with E-state index in [1.54, 1.807) is 0 Å². The lowest BCUT2D eigenvalue weighted by atomic mass is 10.0. The first-order valence-corrected chi connectivity index (χ1v) is 8.23. The van der Waals surface area contributed by atoms with Gasteiger partial charge in [0.25, 0.3) is 5.56 Å². The minimum atomic E-state index is -0.618. The average Bonchev–Trinajstić information content (AvgIpc) is 2.64.